The van der Waals surface area contributed by atoms with Gasteiger partial charge in [0.2, 0.25) is 0 Å². The van der Waals surface area contributed by atoms with Crippen molar-refractivity contribution in [3.05, 3.63) is 35.4 Å². The molecule has 0 aromatic heterocycles. The van der Waals surface area contributed by atoms with Crippen LogP contribution >= 0.6 is 0 Å². The number of halogens is 2. The summed E-state index contributed by atoms with van der Waals surface area (Å²) in [5.41, 5.74) is 0.634. The van der Waals surface area contributed by atoms with E-state index in [4.69, 9.17) is 0 Å². The van der Waals surface area contributed by atoms with Crippen LogP contribution < -0.4 is 0 Å². The number of rotatable bonds is 5. The van der Waals surface area contributed by atoms with Gasteiger partial charge in [-0.3, -0.25) is 0 Å². The van der Waals surface area contributed by atoms with Crippen LogP contribution in [0.4, 0.5) is 8.78 Å². The highest BCUT2D eigenvalue weighted by molar-refractivity contribution is 5.18. The van der Waals surface area contributed by atoms with Crippen molar-refractivity contribution in [3.63, 3.8) is 0 Å². The second-order valence-corrected chi connectivity index (χ2v) is 4.58. The van der Waals surface area contributed by atoms with Gasteiger partial charge in [0.05, 0.1) is 6.10 Å². The zero-order valence-corrected chi connectivity index (χ0v) is 9.71. The lowest BCUT2D eigenvalue weighted by molar-refractivity contribution is 0.157. The molecule has 1 aromatic rings. The fraction of sp³-hybridized carbons (Fsp3) is 0.538. The lowest BCUT2D eigenvalue weighted by Gasteiger charge is -2.12. The first-order valence-corrected chi connectivity index (χ1v) is 5.61. The first-order valence-electron chi connectivity index (χ1n) is 5.61. The molecule has 1 aromatic carbocycles. The quantitative estimate of drug-likeness (QED) is 0.819. The Kier molecular flexibility index (Phi) is 4.87. The van der Waals surface area contributed by atoms with Crippen LogP contribution in [-0.2, 0) is 6.42 Å². The Hall–Kier alpha value is -0.960. The highest BCUT2D eigenvalue weighted by Gasteiger charge is 2.09. The molecule has 0 saturated carbocycles. The van der Waals surface area contributed by atoms with Crippen molar-refractivity contribution in [2.24, 2.45) is 5.92 Å². The fourth-order valence-electron chi connectivity index (χ4n) is 1.57. The Morgan fingerprint density at radius 3 is 2.38 bits per heavy atom. The molecule has 0 aliphatic rings. The van der Waals surface area contributed by atoms with Crippen LogP contribution in [0.1, 0.15) is 32.3 Å². The van der Waals surface area contributed by atoms with Gasteiger partial charge in [0.15, 0.2) is 11.6 Å². The van der Waals surface area contributed by atoms with Crippen LogP contribution in [0.2, 0.25) is 0 Å². The predicted molar refractivity (Wildman–Crippen MR) is 60.1 cm³/mol. The van der Waals surface area contributed by atoms with Gasteiger partial charge in [0, 0.05) is 0 Å². The fourth-order valence-corrected chi connectivity index (χ4v) is 1.57. The molecule has 3 heteroatoms. The number of hydrogen-bond donors (Lipinski definition) is 1. The van der Waals surface area contributed by atoms with E-state index in [9.17, 15) is 13.9 Å². The second-order valence-electron chi connectivity index (χ2n) is 4.58. The number of hydrogen-bond acceptors (Lipinski definition) is 1. The van der Waals surface area contributed by atoms with Crippen molar-refractivity contribution in [3.8, 4) is 0 Å². The normalized spacial score (nSPS) is 13.1. The van der Waals surface area contributed by atoms with E-state index in [0.29, 0.717) is 24.3 Å². The predicted octanol–water partition coefficient (Wildman–Crippen LogP) is 3.30. The third-order valence-corrected chi connectivity index (χ3v) is 2.53. The highest BCUT2D eigenvalue weighted by Crippen LogP contribution is 2.14. The largest absolute Gasteiger partial charge is 0.393 e. The first kappa shape index (κ1) is 13.1. The Bertz CT molecular complexity index is 337. The Labute approximate surface area is 95.1 Å². The Balaban J connectivity index is 2.49. The molecule has 1 rings (SSSR count). The molecule has 0 radical (unpaired) electrons. The third kappa shape index (κ3) is 4.27. The lowest BCUT2D eigenvalue weighted by Crippen LogP contribution is -2.11. The van der Waals surface area contributed by atoms with E-state index >= 15 is 0 Å². The molecule has 0 bridgehead atoms. The minimum atomic E-state index is -0.853. The SMILES string of the molecule is CC(C)CCC(O)Cc1ccc(F)c(F)c1. The molecule has 0 aliphatic heterocycles. The summed E-state index contributed by atoms with van der Waals surface area (Å²) in [5, 5.41) is 9.70. The molecule has 1 N–H and O–H groups in total. The van der Waals surface area contributed by atoms with E-state index in [-0.39, 0.29) is 0 Å². The summed E-state index contributed by atoms with van der Waals surface area (Å²) in [5.74, 6) is -1.16. The van der Waals surface area contributed by atoms with Crippen molar-refractivity contribution >= 4 is 0 Å². The van der Waals surface area contributed by atoms with Crippen molar-refractivity contribution in [1.82, 2.24) is 0 Å². The Morgan fingerprint density at radius 2 is 1.81 bits per heavy atom. The smallest absolute Gasteiger partial charge is 0.159 e. The van der Waals surface area contributed by atoms with Crippen LogP contribution in [0.25, 0.3) is 0 Å². The lowest BCUT2D eigenvalue weighted by atomic mass is 10.00. The van der Waals surface area contributed by atoms with Gasteiger partial charge >= 0.3 is 0 Å². The van der Waals surface area contributed by atoms with Crippen molar-refractivity contribution in [1.29, 1.82) is 0 Å². The maximum atomic E-state index is 12.9. The second kappa shape index (κ2) is 5.94. The first-order chi connectivity index (χ1) is 7.49. The molecule has 1 atom stereocenters. The van der Waals surface area contributed by atoms with E-state index in [1.807, 2.05) is 0 Å². The minimum Gasteiger partial charge on any atom is -0.393 e. The van der Waals surface area contributed by atoms with Gasteiger partial charge in [0.1, 0.15) is 0 Å². The summed E-state index contributed by atoms with van der Waals surface area (Å²) < 4.78 is 25.5. The molecular weight excluding hydrogens is 210 g/mol. The molecule has 0 fully saturated rings. The zero-order valence-electron chi connectivity index (χ0n) is 9.71. The van der Waals surface area contributed by atoms with Gasteiger partial charge in [-0.2, -0.15) is 0 Å². The minimum absolute atomic E-state index is 0.379. The van der Waals surface area contributed by atoms with E-state index in [2.05, 4.69) is 13.8 Å². The van der Waals surface area contributed by atoms with Crippen molar-refractivity contribution in [2.45, 2.75) is 39.2 Å². The molecule has 90 valence electrons. The average molecular weight is 228 g/mol. The van der Waals surface area contributed by atoms with Gasteiger partial charge in [-0.1, -0.05) is 19.9 Å². The highest BCUT2D eigenvalue weighted by atomic mass is 19.2. The van der Waals surface area contributed by atoms with Crippen LogP contribution in [0, 0.1) is 17.6 Å². The van der Waals surface area contributed by atoms with Crippen LogP contribution in [0.3, 0.4) is 0 Å². The maximum Gasteiger partial charge on any atom is 0.159 e. The standard InChI is InChI=1S/C13H18F2O/c1-9(2)3-5-11(16)7-10-4-6-12(14)13(15)8-10/h4,6,8-9,11,16H,3,5,7H2,1-2H3. The monoisotopic (exact) mass is 228 g/mol. The van der Waals surface area contributed by atoms with Crippen LogP contribution in [0.5, 0.6) is 0 Å². The van der Waals surface area contributed by atoms with Crippen molar-refractivity contribution in [2.75, 3.05) is 0 Å². The summed E-state index contributed by atoms with van der Waals surface area (Å²) in [4.78, 5) is 0. The van der Waals surface area contributed by atoms with Gasteiger partial charge in [-0.05, 0) is 42.9 Å². The zero-order chi connectivity index (χ0) is 12.1. The molecule has 1 unspecified atom stereocenters. The molecule has 1 nitrogen and oxygen atoms in total. The molecule has 0 amide bonds. The summed E-state index contributed by atoms with van der Waals surface area (Å²) in [6.45, 7) is 4.18. The van der Waals surface area contributed by atoms with E-state index in [1.54, 1.807) is 0 Å². The number of benzene rings is 1. The average Bonchev–Trinajstić information content (AvgIpc) is 2.21. The summed E-state index contributed by atoms with van der Waals surface area (Å²) in [6, 6.07) is 3.75. The molecule has 0 heterocycles. The van der Waals surface area contributed by atoms with Gasteiger partial charge in [-0.25, -0.2) is 8.78 Å². The maximum absolute atomic E-state index is 12.9. The van der Waals surface area contributed by atoms with Crippen LogP contribution in [0.15, 0.2) is 18.2 Å². The molecule has 0 aliphatic carbocycles. The Morgan fingerprint density at radius 1 is 1.12 bits per heavy atom. The third-order valence-electron chi connectivity index (χ3n) is 2.53. The molecule has 0 saturated heterocycles. The molecular formula is C13H18F2O. The van der Waals surface area contributed by atoms with Crippen molar-refractivity contribution < 1.29 is 13.9 Å². The number of aliphatic hydroxyl groups excluding tert-OH is 1. The molecule has 16 heavy (non-hydrogen) atoms. The summed E-state index contributed by atoms with van der Waals surface area (Å²) >= 11 is 0. The number of aliphatic hydroxyl groups is 1. The van der Waals surface area contributed by atoms with Gasteiger partial charge in [-0.15, -0.1) is 0 Å². The molecule has 0 spiro atoms. The van der Waals surface area contributed by atoms with Gasteiger partial charge in [0.25, 0.3) is 0 Å². The van der Waals surface area contributed by atoms with E-state index < -0.39 is 17.7 Å². The van der Waals surface area contributed by atoms with E-state index in [0.717, 1.165) is 18.6 Å². The van der Waals surface area contributed by atoms with Crippen LogP contribution in [-0.4, -0.2) is 11.2 Å². The topological polar surface area (TPSA) is 20.2 Å². The summed E-state index contributed by atoms with van der Waals surface area (Å²) in [7, 11) is 0. The summed E-state index contributed by atoms with van der Waals surface area (Å²) in [6.07, 6.45) is 1.53. The van der Waals surface area contributed by atoms with Gasteiger partial charge < -0.3 is 5.11 Å². The van der Waals surface area contributed by atoms with E-state index in [1.165, 1.54) is 6.07 Å².